The fourth-order valence-electron chi connectivity index (χ4n) is 2.62. The van der Waals surface area contributed by atoms with Gasteiger partial charge in [-0.1, -0.05) is 19.8 Å². The number of hydrogen-bond donors (Lipinski definition) is 1. The molecule has 4 nitrogen and oxygen atoms in total. The Bertz CT molecular complexity index is 271. The van der Waals surface area contributed by atoms with E-state index in [-0.39, 0.29) is 11.8 Å². The van der Waals surface area contributed by atoms with Gasteiger partial charge in [-0.2, -0.15) is 0 Å². The van der Waals surface area contributed by atoms with Gasteiger partial charge in [-0.05, 0) is 19.3 Å². The SMILES string of the molecule is CCC1(C2CCCC2)OC(=O)NC1=O. The molecule has 1 saturated heterocycles. The Balaban J connectivity index is 2.24. The van der Waals surface area contributed by atoms with E-state index in [1.54, 1.807) is 0 Å². The highest BCUT2D eigenvalue weighted by atomic mass is 16.6. The average molecular weight is 197 g/mol. The highest BCUT2D eigenvalue weighted by Gasteiger charge is 2.53. The lowest BCUT2D eigenvalue weighted by molar-refractivity contribution is -0.136. The molecule has 1 atom stereocenters. The van der Waals surface area contributed by atoms with Crippen LogP contribution in [-0.2, 0) is 9.53 Å². The number of hydrogen-bond acceptors (Lipinski definition) is 3. The van der Waals surface area contributed by atoms with Crippen molar-refractivity contribution in [2.24, 2.45) is 5.92 Å². The second-order valence-corrected chi connectivity index (χ2v) is 4.07. The molecule has 14 heavy (non-hydrogen) atoms. The van der Waals surface area contributed by atoms with Crippen LogP contribution in [0.25, 0.3) is 0 Å². The Labute approximate surface area is 83.0 Å². The quantitative estimate of drug-likeness (QED) is 0.731. The fourth-order valence-corrected chi connectivity index (χ4v) is 2.62. The molecule has 0 bridgehead atoms. The van der Waals surface area contributed by atoms with Crippen molar-refractivity contribution in [1.29, 1.82) is 0 Å². The molecule has 1 heterocycles. The molecule has 0 aromatic carbocycles. The van der Waals surface area contributed by atoms with Crippen molar-refractivity contribution in [2.45, 2.75) is 44.6 Å². The van der Waals surface area contributed by atoms with Crippen LogP contribution < -0.4 is 5.32 Å². The molecule has 2 amide bonds. The van der Waals surface area contributed by atoms with Gasteiger partial charge in [-0.15, -0.1) is 0 Å². The van der Waals surface area contributed by atoms with Gasteiger partial charge in [0.1, 0.15) is 0 Å². The first-order chi connectivity index (χ1) is 6.69. The Kier molecular flexibility index (Phi) is 2.21. The molecule has 1 aliphatic heterocycles. The summed E-state index contributed by atoms with van der Waals surface area (Å²) in [5.74, 6) is -0.0177. The minimum atomic E-state index is -0.854. The van der Waals surface area contributed by atoms with Crippen LogP contribution in [0.1, 0.15) is 39.0 Å². The molecule has 1 saturated carbocycles. The van der Waals surface area contributed by atoms with Gasteiger partial charge in [-0.25, -0.2) is 4.79 Å². The minimum Gasteiger partial charge on any atom is -0.432 e. The fraction of sp³-hybridized carbons (Fsp3) is 0.800. The molecule has 78 valence electrons. The Hall–Kier alpha value is -1.06. The number of carbonyl (C=O) groups excluding carboxylic acids is 2. The van der Waals surface area contributed by atoms with Crippen molar-refractivity contribution in [2.75, 3.05) is 0 Å². The van der Waals surface area contributed by atoms with Gasteiger partial charge >= 0.3 is 6.09 Å². The predicted octanol–water partition coefficient (Wildman–Crippen LogP) is 1.59. The van der Waals surface area contributed by atoms with Crippen molar-refractivity contribution in [3.8, 4) is 0 Å². The molecule has 2 rings (SSSR count). The molecule has 2 aliphatic rings. The van der Waals surface area contributed by atoms with E-state index in [4.69, 9.17) is 4.74 Å². The summed E-state index contributed by atoms with van der Waals surface area (Å²) in [5, 5.41) is 2.24. The molecule has 0 spiro atoms. The van der Waals surface area contributed by atoms with Crippen LogP contribution in [0.5, 0.6) is 0 Å². The maximum Gasteiger partial charge on any atom is 0.415 e. The molecule has 4 heteroatoms. The normalized spacial score (nSPS) is 33.2. The molecule has 1 N–H and O–H groups in total. The summed E-state index contributed by atoms with van der Waals surface area (Å²) >= 11 is 0. The first kappa shape index (κ1) is 9.49. The van der Waals surface area contributed by atoms with Crippen LogP contribution in [0.2, 0.25) is 0 Å². The summed E-state index contributed by atoms with van der Waals surface area (Å²) in [6.07, 6.45) is 4.26. The van der Waals surface area contributed by atoms with Crippen molar-refractivity contribution < 1.29 is 14.3 Å². The van der Waals surface area contributed by atoms with Crippen LogP contribution in [0.3, 0.4) is 0 Å². The van der Waals surface area contributed by atoms with E-state index in [0.717, 1.165) is 25.7 Å². The Morgan fingerprint density at radius 1 is 1.43 bits per heavy atom. The minimum absolute atomic E-state index is 0.221. The van der Waals surface area contributed by atoms with E-state index in [2.05, 4.69) is 5.32 Å². The summed E-state index contributed by atoms with van der Waals surface area (Å²) in [5.41, 5.74) is -0.854. The number of nitrogens with one attached hydrogen (secondary N) is 1. The largest absolute Gasteiger partial charge is 0.432 e. The lowest BCUT2D eigenvalue weighted by Gasteiger charge is -2.29. The standard InChI is InChI=1S/C10H15NO3/c1-2-10(7-5-3-4-6-7)8(12)11-9(13)14-10/h7H,2-6H2,1H3,(H,11,12,13). The summed E-state index contributed by atoms with van der Waals surface area (Å²) < 4.78 is 5.19. The summed E-state index contributed by atoms with van der Waals surface area (Å²) in [6.45, 7) is 1.90. The zero-order chi connectivity index (χ0) is 10.2. The third-order valence-corrected chi connectivity index (χ3v) is 3.41. The van der Waals surface area contributed by atoms with Gasteiger partial charge in [0.15, 0.2) is 5.60 Å². The molecule has 2 fully saturated rings. The number of amides is 2. The summed E-state index contributed by atoms with van der Waals surface area (Å²) in [6, 6.07) is 0. The molecule has 0 radical (unpaired) electrons. The topological polar surface area (TPSA) is 55.4 Å². The predicted molar refractivity (Wildman–Crippen MR) is 49.6 cm³/mol. The number of carbonyl (C=O) groups is 2. The number of cyclic esters (lactones) is 1. The molecule has 0 aromatic heterocycles. The van der Waals surface area contributed by atoms with Crippen molar-refractivity contribution in [1.82, 2.24) is 5.32 Å². The number of alkyl carbamates (subject to hydrolysis) is 1. The van der Waals surface area contributed by atoms with Gasteiger partial charge in [0.25, 0.3) is 5.91 Å². The van der Waals surface area contributed by atoms with Gasteiger partial charge < -0.3 is 4.74 Å². The summed E-state index contributed by atoms with van der Waals surface area (Å²) in [7, 11) is 0. The van der Waals surface area contributed by atoms with E-state index in [1.807, 2.05) is 6.92 Å². The van der Waals surface area contributed by atoms with Gasteiger partial charge in [0, 0.05) is 5.92 Å². The van der Waals surface area contributed by atoms with E-state index < -0.39 is 11.7 Å². The highest BCUT2D eigenvalue weighted by molar-refractivity contribution is 6.03. The lowest BCUT2D eigenvalue weighted by Crippen LogP contribution is -2.44. The molecule has 1 unspecified atom stereocenters. The van der Waals surface area contributed by atoms with E-state index in [9.17, 15) is 9.59 Å². The third-order valence-electron chi connectivity index (χ3n) is 3.41. The second kappa shape index (κ2) is 3.26. The maximum atomic E-state index is 11.7. The van der Waals surface area contributed by atoms with Crippen LogP contribution in [0.4, 0.5) is 4.79 Å². The average Bonchev–Trinajstić information content (AvgIpc) is 2.73. The molecular weight excluding hydrogens is 182 g/mol. The van der Waals surface area contributed by atoms with E-state index in [0.29, 0.717) is 6.42 Å². The molecular formula is C10H15NO3. The lowest BCUT2D eigenvalue weighted by atomic mass is 9.83. The number of ether oxygens (including phenoxy) is 1. The van der Waals surface area contributed by atoms with Crippen molar-refractivity contribution in [3.05, 3.63) is 0 Å². The van der Waals surface area contributed by atoms with Crippen molar-refractivity contribution in [3.63, 3.8) is 0 Å². The second-order valence-electron chi connectivity index (χ2n) is 4.07. The summed E-state index contributed by atoms with van der Waals surface area (Å²) in [4.78, 5) is 22.7. The van der Waals surface area contributed by atoms with Crippen LogP contribution in [0.15, 0.2) is 0 Å². The van der Waals surface area contributed by atoms with Gasteiger partial charge in [0.2, 0.25) is 0 Å². The first-order valence-corrected chi connectivity index (χ1v) is 5.23. The van der Waals surface area contributed by atoms with E-state index >= 15 is 0 Å². The zero-order valence-corrected chi connectivity index (χ0v) is 8.34. The Morgan fingerprint density at radius 2 is 2.07 bits per heavy atom. The molecule has 1 aliphatic carbocycles. The number of rotatable bonds is 2. The molecule has 0 aromatic rings. The van der Waals surface area contributed by atoms with Gasteiger partial charge in [0.05, 0.1) is 0 Å². The van der Waals surface area contributed by atoms with Crippen LogP contribution in [0, 0.1) is 5.92 Å². The highest BCUT2D eigenvalue weighted by Crippen LogP contribution is 2.40. The third kappa shape index (κ3) is 1.21. The monoisotopic (exact) mass is 197 g/mol. The Morgan fingerprint density at radius 3 is 2.50 bits per heavy atom. The first-order valence-electron chi connectivity index (χ1n) is 5.23. The number of imide groups is 1. The zero-order valence-electron chi connectivity index (χ0n) is 8.34. The van der Waals surface area contributed by atoms with Crippen LogP contribution in [-0.4, -0.2) is 17.6 Å². The smallest absolute Gasteiger partial charge is 0.415 e. The van der Waals surface area contributed by atoms with Gasteiger partial charge in [-0.3, -0.25) is 10.1 Å². The van der Waals surface area contributed by atoms with E-state index in [1.165, 1.54) is 0 Å². The van der Waals surface area contributed by atoms with Crippen molar-refractivity contribution >= 4 is 12.0 Å². The maximum absolute atomic E-state index is 11.7. The van der Waals surface area contributed by atoms with Crippen LogP contribution >= 0.6 is 0 Å².